The molecule has 0 bridgehead atoms. The Bertz CT molecular complexity index is 1660. The summed E-state index contributed by atoms with van der Waals surface area (Å²) in [5.74, 6) is -0.0690. The predicted octanol–water partition coefficient (Wildman–Crippen LogP) is 4.35. The summed E-state index contributed by atoms with van der Waals surface area (Å²) in [7, 11) is 0. The van der Waals surface area contributed by atoms with Crippen LogP contribution in [0.2, 0.25) is 0 Å². The highest BCUT2D eigenvalue weighted by molar-refractivity contribution is 6.13. The lowest BCUT2D eigenvalue weighted by Gasteiger charge is -2.12. The Morgan fingerprint density at radius 2 is 1.66 bits per heavy atom. The number of furan rings is 1. The van der Waals surface area contributed by atoms with Crippen molar-refractivity contribution in [3.63, 3.8) is 0 Å². The lowest BCUT2D eigenvalue weighted by Crippen LogP contribution is -2.99. The molecule has 0 saturated heterocycles. The molecule has 35 heavy (non-hydrogen) atoms. The lowest BCUT2D eigenvalue weighted by molar-refractivity contribution is -0.991. The second kappa shape index (κ2) is 8.21. The van der Waals surface area contributed by atoms with Crippen molar-refractivity contribution < 1.29 is 24.1 Å². The molecule has 0 saturated carbocycles. The molecule has 0 aliphatic heterocycles. The lowest BCUT2D eigenvalue weighted by atomic mass is 10.0. The van der Waals surface area contributed by atoms with Crippen molar-refractivity contribution in [1.82, 2.24) is 0 Å². The summed E-state index contributed by atoms with van der Waals surface area (Å²) in [4.78, 5) is 25.6. The third kappa shape index (κ3) is 3.70. The van der Waals surface area contributed by atoms with Gasteiger partial charge in [-0.2, -0.15) is 5.23 Å². The minimum Gasteiger partial charge on any atom is -0.595 e. The summed E-state index contributed by atoms with van der Waals surface area (Å²) < 4.78 is 11.7. The van der Waals surface area contributed by atoms with Gasteiger partial charge < -0.3 is 19.4 Å². The van der Waals surface area contributed by atoms with Crippen LogP contribution in [0, 0.1) is 5.21 Å². The zero-order chi connectivity index (χ0) is 24.1. The Morgan fingerprint density at radius 3 is 2.43 bits per heavy atom. The van der Waals surface area contributed by atoms with E-state index in [-0.39, 0.29) is 5.69 Å². The first kappa shape index (κ1) is 21.3. The van der Waals surface area contributed by atoms with Gasteiger partial charge in [-0.25, -0.2) is 10.0 Å². The van der Waals surface area contributed by atoms with Crippen LogP contribution < -0.4 is 16.2 Å². The molecular weight excluding hydrogens is 448 g/mol. The minimum atomic E-state index is -1.07. The van der Waals surface area contributed by atoms with Crippen LogP contribution in [0.5, 0.6) is 0 Å². The maximum Gasteiger partial charge on any atom is 0.336 e. The zero-order valence-electron chi connectivity index (χ0n) is 18.5. The van der Waals surface area contributed by atoms with Gasteiger partial charge in [0.1, 0.15) is 11.2 Å². The van der Waals surface area contributed by atoms with Crippen LogP contribution in [0.25, 0.3) is 33.3 Å². The number of hydrogen-bond donors (Lipinski definition) is 3. The van der Waals surface area contributed by atoms with Crippen LogP contribution in [0.1, 0.15) is 27.9 Å². The second-order valence-corrected chi connectivity index (χ2v) is 8.59. The van der Waals surface area contributed by atoms with Crippen LogP contribution >= 0.6 is 0 Å². The Morgan fingerprint density at radius 1 is 0.914 bits per heavy atom. The number of anilines is 1. The van der Waals surface area contributed by atoms with Crippen molar-refractivity contribution in [2.75, 3.05) is 5.32 Å². The molecule has 0 fully saturated rings. The van der Waals surface area contributed by atoms with Crippen molar-refractivity contribution in [3.05, 3.63) is 99.0 Å². The van der Waals surface area contributed by atoms with Crippen molar-refractivity contribution >= 4 is 39.2 Å². The smallest absolute Gasteiger partial charge is 0.336 e. The molecule has 6 rings (SSSR count). The fourth-order valence-electron chi connectivity index (χ4n) is 4.73. The van der Waals surface area contributed by atoms with Crippen LogP contribution in [0.4, 0.5) is 11.4 Å². The molecule has 1 aliphatic carbocycles. The average Bonchev–Trinajstić information content (AvgIpc) is 3.46. The van der Waals surface area contributed by atoms with Gasteiger partial charge in [-0.3, -0.25) is 4.79 Å². The third-order valence-corrected chi connectivity index (χ3v) is 6.43. The SMILES string of the molecule is O=C(Nc1c(-c2cc(=O)oc3cc4c(cc23)CCC4)oc2ccccc12)c1ccc([NH+]([O-])O)cc1. The van der Waals surface area contributed by atoms with E-state index in [1.54, 1.807) is 6.07 Å². The Hall–Kier alpha value is -4.24. The summed E-state index contributed by atoms with van der Waals surface area (Å²) >= 11 is 0. The topological polar surface area (TPSA) is 120 Å². The van der Waals surface area contributed by atoms with Gasteiger partial charge in [0.2, 0.25) is 0 Å². The number of carbonyl (C=O) groups excluding carboxylic acids is 1. The molecule has 0 radical (unpaired) electrons. The summed E-state index contributed by atoms with van der Waals surface area (Å²) in [6, 6.07) is 18.3. The minimum absolute atomic E-state index is 0.0889. The van der Waals surface area contributed by atoms with Gasteiger partial charge in [0.25, 0.3) is 5.91 Å². The molecule has 1 amide bonds. The highest BCUT2D eigenvalue weighted by atomic mass is 16.8. The van der Waals surface area contributed by atoms with Gasteiger partial charge in [0.05, 0.1) is 5.69 Å². The number of aryl methyl sites for hydroxylation is 2. The fraction of sp³-hybridized carbons (Fsp3) is 0.111. The Labute approximate surface area is 198 Å². The Balaban J connectivity index is 1.51. The van der Waals surface area contributed by atoms with Gasteiger partial charge in [-0.1, -0.05) is 12.1 Å². The summed E-state index contributed by atoms with van der Waals surface area (Å²) in [5, 5.41) is 23.5. The van der Waals surface area contributed by atoms with Crippen molar-refractivity contribution in [2.45, 2.75) is 19.3 Å². The predicted molar refractivity (Wildman–Crippen MR) is 130 cm³/mol. The molecule has 3 N–H and O–H groups in total. The average molecular weight is 468 g/mol. The number of carbonyl (C=O) groups is 1. The monoisotopic (exact) mass is 468 g/mol. The Kier molecular flexibility index (Phi) is 5.00. The van der Waals surface area contributed by atoms with Crippen LogP contribution in [0.15, 0.2) is 80.4 Å². The van der Waals surface area contributed by atoms with Crippen molar-refractivity contribution in [2.24, 2.45) is 0 Å². The number of rotatable bonds is 4. The standard InChI is InChI=1S/C27H20N2O6/c30-24-14-21(20-12-16-4-3-5-17(16)13-23(20)34-24)26-25(19-6-1-2-7-22(19)35-26)28-27(31)15-8-10-18(11-9-15)29(32)33/h1-2,6-14,29,32H,3-5H2,(H,28,31). The van der Waals surface area contributed by atoms with E-state index >= 15 is 0 Å². The largest absolute Gasteiger partial charge is 0.595 e. The zero-order valence-corrected chi connectivity index (χ0v) is 18.5. The molecule has 2 aromatic heterocycles. The third-order valence-electron chi connectivity index (χ3n) is 6.43. The van der Waals surface area contributed by atoms with E-state index in [1.807, 2.05) is 30.3 Å². The number of fused-ring (bicyclic) bond motifs is 3. The van der Waals surface area contributed by atoms with Gasteiger partial charge in [0.15, 0.2) is 11.4 Å². The number of hydrogen-bond acceptors (Lipinski definition) is 6. The molecule has 8 nitrogen and oxygen atoms in total. The van der Waals surface area contributed by atoms with E-state index in [2.05, 4.69) is 5.32 Å². The molecule has 2 heterocycles. The number of nitrogens with one attached hydrogen (secondary N) is 2. The second-order valence-electron chi connectivity index (χ2n) is 8.59. The molecule has 1 aliphatic rings. The van der Waals surface area contributed by atoms with Gasteiger partial charge in [-0.05, 0) is 66.8 Å². The molecule has 5 aromatic rings. The fourth-order valence-corrected chi connectivity index (χ4v) is 4.73. The van der Waals surface area contributed by atoms with Gasteiger partial charge >= 0.3 is 5.63 Å². The van der Waals surface area contributed by atoms with E-state index in [9.17, 15) is 14.8 Å². The summed E-state index contributed by atoms with van der Waals surface area (Å²) in [6.45, 7) is 0. The van der Waals surface area contributed by atoms with Crippen LogP contribution in [-0.2, 0) is 12.8 Å². The first-order valence-corrected chi connectivity index (χ1v) is 11.2. The van der Waals surface area contributed by atoms with Gasteiger partial charge in [-0.15, -0.1) is 0 Å². The first-order chi connectivity index (χ1) is 17.0. The molecule has 8 heteroatoms. The highest BCUT2D eigenvalue weighted by Gasteiger charge is 2.23. The molecule has 1 unspecified atom stereocenters. The van der Waals surface area contributed by atoms with E-state index < -0.39 is 16.8 Å². The number of amides is 1. The van der Waals surface area contributed by atoms with E-state index in [0.717, 1.165) is 24.6 Å². The quantitative estimate of drug-likeness (QED) is 0.266. The highest BCUT2D eigenvalue weighted by Crippen LogP contribution is 2.41. The van der Waals surface area contributed by atoms with E-state index in [1.165, 1.54) is 41.5 Å². The molecule has 3 aromatic carbocycles. The van der Waals surface area contributed by atoms with Crippen molar-refractivity contribution in [3.8, 4) is 11.3 Å². The molecular formula is C27H20N2O6. The molecule has 0 spiro atoms. The van der Waals surface area contributed by atoms with Crippen LogP contribution in [0.3, 0.4) is 0 Å². The molecule has 1 atom stereocenters. The first-order valence-electron chi connectivity index (χ1n) is 11.2. The molecule has 174 valence electrons. The van der Waals surface area contributed by atoms with Gasteiger partial charge in [0, 0.05) is 40.1 Å². The van der Waals surface area contributed by atoms with E-state index in [4.69, 9.17) is 14.0 Å². The number of para-hydroxylation sites is 1. The number of benzene rings is 3. The number of quaternary nitrogens is 1. The van der Waals surface area contributed by atoms with Crippen LogP contribution in [-0.4, -0.2) is 11.1 Å². The maximum atomic E-state index is 13.1. The summed E-state index contributed by atoms with van der Waals surface area (Å²) in [5.41, 5.74) is 4.28. The maximum absolute atomic E-state index is 13.1. The summed E-state index contributed by atoms with van der Waals surface area (Å²) in [6.07, 6.45) is 2.96. The van der Waals surface area contributed by atoms with Crippen molar-refractivity contribution in [1.29, 1.82) is 0 Å². The normalized spacial score (nSPS) is 13.8. The van der Waals surface area contributed by atoms with E-state index in [0.29, 0.717) is 39.1 Å².